The van der Waals surface area contributed by atoms with Gasteiger partial charge in [0.25, 0.3) is 0 Å². The Morgan fingerprint density at radius 1 is 1.21 bits per heavy atom. The van der Waals surface area contributed by atoms with Gasteiger partial charge in [-0.3, -0.25) is 4.79 Å². The zero-order valence-corrected chi connectivity index (χ0v) is 11.0. The molecule has 0 bridgehead atoms. The monoisotopic (exact) mass is 258 g/mol. The average molecular weight is 258 g/mol. The van der Waals surface area contributed by atoms with Gasteiger partial charge in [-0.15, -0.1) is 0 Å². The molecular weight excluding hydrogens is 240 g/mol. The number of carbonyl (C=O) groups excluding carboxylic acids is 1. The van der Waals surface area contributed by atoms with Crippen molar-refractivity contribution in [3.63, 3.8) is 0 Å². The van der Waals surface area contributed by atoms with Gasteiger partial charge in [-0.1, -0.05) is 42.5 Å². The van der Waals surface area contributed by atoms with E-state index in [4.69, 9.17) is 4.74 Å². The summed E-state index contributed by atoms with van der Waals surface area (Å²) < 4.78 is 4.98. The molecule has 0 spiro atoms. The topological polar surface area (TPSA) is 46.5 Å². The summed E-state index contributed by atoms with van der Waals surface area (Å²) in [6.45, 7) is 1.65. The Bertz CT molecular complexity index is 557. The van der Waals surface area contributed by atoms with Gasteiger partial charge >= 0.3 is 5.97 Å². The van der Waals surface area contributed by atoms with Crippen LogP contribution in [0, 0.1) is 5.92 Å². The van der Waals surface area contributed by atoms with Crippen molar-refractivity contribution < 1.29 is 14.6 Å². The van der Waals surface area contributed by atoms with Crippen molar-refractivity contribution in [2.24, 2.45) is 5.92 Å². The molecule has 100 valence electrons. The van der Waals surface area contributed by atoms with Crippen molar-refractivity contribution >= 4 is 16.7 Å². The highest BCUT2D eigenvalue weighted by molar-refractivity contribution is 5.85. The molecule has 1 atom stereocenters. The zero-order valence-electron chi connectivity index (χ0n) is 11.0. The van der Waals surface area contributed by atoms with Crippen LogP contribution in [0.3, 0.4) is 0 Å². The number of benzene rings is 2. The Morgan fingerprint density at radius 3 is 2.68 bits per heavy atom. The number of rotatable bonds is 5. The van der Waals surface area contributed by atoms with Gasteiger partial charge in [0, 0.05) is 19.4 Å². The van der Waals surface area contributed by atoms with Crippen LogP contribution >= 0.6 is 0 Å². The Kier molecular flexibility index (Phi) is 4.53. The summed E-state index contributed by atoms with van der Waals surface area (Å²) in [6, 6.07) is 14.3. The van der Waals surface area contributed by atoms with E-state index in [0.717, 1.165) is 0 Å². The van der Waals surface area contributed by atoms with E-state index in [-0.39, 0.29) is 25.1 Å². The van der Waals surface area contributed by atoms with Crippen molar-refractivity contribution in [3.05, 3.63) is 48.0 Å². The second-order valence-electron chi connectivity index (χ2n) is 4.69. The molecule has 0 saturated heterocycles. The highest BCUT2D eigenvalue weighted by Gasteiger charge is 2.12. The van der Waals surface area contributed by atoms with Gasteiger partial charge in [0.1, 0.15) is 0 Å². The average Bonchev–Trinajstić information content (AvgIpc) is 2.43. The second-order valence-corrected chi connectivity index (χ2v) is 4.69. The van der Waals surface area contributed by atoms with Crippen molar-refractivity contribution in [1.29, 1.82) is 0 Å². The number of aliphatic hydroxyl groups is 1. The van der Waals surface area contributed by atoms with Gasteiger partial charge in [-0.2, -0.15) is 0 Å². The molecule has 0 saturated carbocycles. The van der Waals surface area contributed by atoms with Crippen LogP contribution < -0.4 is 0 Å². The van der Waals surface area contributed by atoms with Crippen LogP contribution in [0.1, 0.15) is 12.5 Å². The maximum atomic E-state index is 10.8. The van der Waals surface area contributed by atoms with E-state index in [1.807, 2.05) is 18.2 Å². The van der Waals surface area contributed by atoms with Gasteiger partial charge in [0.2, 0.25) is 0 Å². The Morgan fingerprint density at radius 2 is 1.95 bits per heavy atom. The molecule has 0 amide bonds. The lowest BCUT2D eigenvalue weighted by Gasteiger charge is -2.15. The molecule has 0 aromatic heterocycles. The number of aliphatic hydroxyl groups excluding tert-OH is 1. The normalized spacial score (nSPS) is 12.3. The smallest absolute Gasteiger partial charge is 0.302 e. The first-order chi connectivity index (χ1) is 9.20. The number of hydrogen-bond donors (Lipinski definition) is 1. The fourth-order valence-corrected chi connectivity index (χ4v) is 2.19. The minimum absolute atomic E-state index is 0.0104. The molecular formula is C16H18O3. The van der Waals surface area contributed by atoms with Crippen LogP contribution in [-0.4, -0.2) is 24.3 Å². The van der Waals surface area contributed by atoms with Gasteiger partial charge in [-0.25, -0.2) is 0 Å². The first-order valence-electron chi connectivity index (χ1n) is 6.41. The highest BCUT2D eigenvalue weighted by Crippen LogP contribution is 2.21. The summed E-state index contributed by atoms with van der Waals surface area (Å²) in [6.07, 6.45) is 0.700. The maximum absolute atomic E-state index is 10.8. The van der Waals surface area contributed by atoms with Gasteiger partial charge in [-0.05, 0) is 22.8 Å². The predicted molar refractivity (Wildman–Crippen MR) is 74.9 cm³/mol. The van der Waals surface area contributed by atoms with Crippen LogP contribution in [0.25, 0.3) is 10.8 Å². The number of esters is 1. The lowest BCUT2D eigenvalue weighted by atomic mass is 9.96. The molecule has 2 aromatic rings. The van der Waals surface area contributed by atoms with Crippen molar-refractivity contribution in [3.8, 4) is 0 Å². The standard InChI is InChI=1S/C16H18O3/c1-12(18)19-11-13(10-17)9-15-7-4-6-14-5-2-3-8-16(14)15/h2-8,13,17H,9-11H2,1H3/t13-/m1/s1. The van der Waals surface area contributed by atoms with E-state index in [9.17, 15) is 9.90 Å². The van der Waals surface area contributed by atoms with Gasteiger partial charge < -0.3 is 9.84 Å². The van der Waals surface area contributed by atoms with E-state index >= 15 is 0 Å². The lowest BCUT2D eigenvalue weighted by molar-refractivity contribution is -0.142. The SMILES string of the molecule is CC(=O)OC[C@@H](CO)Cc1cccc2ccccc12. The lowest BCUT2D eigenvalue weighted by Crippen LogP contribution is -2.18. The van der Waals surface area contributed by atoms with Crippen LogP contribution in [0.15, 0.2) is 42.5 Å². The fraction of sp³-hybridized carbons (Fsp3) is 0.312. The summed E-state index contributed by atoms with van der Waals surface area (Å²) in [4.78, 5) is 10.8. The first-order valence-corrected chi connectivity index (χ1v) is 6.41. The largest absolute Gasteiger partial charge is 0.465 e. The number of hydrogen-bond acceptors (Lipinski definition) is 3. The maximum Gasteiger partial charge on any atom is 0.302 e. The molecule has 0 aliphatic heterocycles. The van der Waals surface area contributed by atoms with E-state index in [1.54, 1.807) is 0 Å². The summed E-state index contributed by atoms with van der Waals surface area (Å²) in [5, 5.41) is 11.8. The van der Waals surface area contributed by atoms with Gasteiger partial charge in [0.05, 0.1) is 6.61 Å². The van der Waals surface area contributed by atoms with Crippen molar-refractivity contribution in [1.82, 2.24) is 0 Å². The summed E-state index contributed by atoms with van der Waals surface area (Å²) in [5.41, 5.74) is 1.17. The van der Waals surface area contributed by atoms with E-state index in [2.05, 4.69) is 24.3 Å². The summed E-state index contributed by atoms with van der Waals surface area (Å²) in [5.74, 6) is -0.369. The molecule has 3 heteroatoms. The number of fused-ring (bicyclic) bond motifs is 1. The highest BCUT2D eigenvalue weighted by atomic mass is 16.5. The molecule has 3 nitrogen and oxygen atoms in total. The van der Waals surface area contributed by atoms with Gasteiger partial charge in [0.15, 0.2) is 0 Å². The Labute approximate surface area is 112 Å². The first kappa shape index (κ1) is 13.6. The fourth-order valence-electron chi connectivity index (χ4n) is 2.19. The quantitative estimate of drug-likeness (QED) is 0.838. The van der Waals surface area contributed by atoms with Crippen LogP contribution in [0.5, 0.6) is 0 Å². The van der Waals surface area contributed by atoms with Crippen LogP contribution in [-0.2, 0) is 16.0 Å². The third-order valence-electron chi connectivity index (χ3n) is 3.17. The molecule has 0 aliphatic carbocycles. The summed E-state index contributed by atoms with van der Waals surface area (Å²) >= 11 is 0. The third kappa shape index (κ3) is 3.55. The molecule has 2 aromatic carbocycles. The molecule has 0 radical (unpaired) electrons. The summed E-state index contributed by atoms with van der Waals surface area (Å²) in [7, 11) is 0. The van der Waals surface area contributed by atoms with Crippen LogP contribution in [0.2, 0.25) is 0 Å². The minimum atomic E-state index is -0.309. The van der Waals surface area contributed by atoms with E-state index in [1.165, 1.54) is 23.3 Å². The van der Waals surface area contributed by atoms with E-state index < -0.39 is 0 Å². The van der Waals surface area contributed by atoms with Crippen LogP contribution in [0.4, 0.5) is 0 Å². The number of ether oxygens (including phenoxy) is 1. The molecule has 0 aliphatic rings. The number of carbonyl (C=O) groups is 1. The third-order valence-corrected chi connectivity index (χ3v) is 3.17. The molecule has 1 N–H and O–H groups in total. The van der Waals surface area contributed by atoms with Crippen molar-refractivity contribution in [2.45, 2.75) is 13.3 Å². The predicted octanol–water partition coefficient (Wildman–Crippen LogP) is 2.55. The van der Waals surface area contributed by atoms with Crippen molar-refractivity contribution in [2.75, 3.05) is 13.2 Å². The Hall–Kier alpha value is -1.87. The second kappa shape index (κ2) is 6.34. The molecule has 0 unspecified atom stereocenters. The Balaban J connectivity index is 2.17. The molecule has 0 fully saturated rings. The zero-order chi connectivity index (χ0) is 13.7. The minimum Gasteiger partial charge on any atom is -0.465 e. The molecule has 0 heterocycles. The molecule has 2 rings (SSSR count). The van der Waals surface area contributed by atoms with E-state index in [0.29, 0.717) is 6.42 Å². The molecule has 19 heavy (non-hydrogen) atoms.